The van der Waals surface area contributed by atoms with Crippen LogP contribution >= 0.6 is 11.6 Å². The third-order valence-corrected chi connectivity index (χ3v) is 5.49. The molecule has 1 aliphatic rings. The summed E-state index contributed by atoms with van der Waals surface area (Å²) in [5.41, 5.74) is -0.930. The molecule has 0 aliphatic carbocycles. The normalized spacial score (nSPS) is 25.4. The molecule has 1 aromatic rings. The van der Waals surface area contributed by atoms with Crippen LogP contribution < -0.4 is 0 Å². The summed E-state index contributed by atoms with van der Waals surface area (Å²) in [6.07, 6.45) is 0.0323. The molecular formula is C12H12ClFO4S. The first-order valence-corrected chi connectivity index (χ1v) is 7.82. The summed E-state index contributed by atoms with van der Waals surface area (Å²) in [7, 11) is -3.34. The molecule has 1 N–H and O–H groups in total. The predicted octanol–water partition coefficient (Wildman–Crippen LogP) is 1.91. The van der Waals surface area contributed by atoms with Crippen LogP contribution in [0.4, 0.5) is 4.39 Å². The van der Waals surface area contributed by atoms with Gasteiger partial charge in [-0.05, 0) is 30.5 Å². The summed E-state index contributed by atoms with van der Waals surface area (Å²) in [4.78, 5) is 11.4. The van der Waals surface area contributed by atoms with Crippen LogP contribution in [0.25, 0.3) is 0 Å². The zero-order chi connectivity index (χ0) is 14.3. The van der Waals surface area contributed by atoms with Gasteiger partial charge in [0.2, 0.25) is 0 Å². The number of benzene rings is 1. The molecule has 1 atom stereocenters. The first-order chi connectivity index (χ1) is 8.74. The summed E-state index contributed by atoms with van der Waals surface area (Å²) >= 11 is 5.55. The van der Waals surface area contributed by atoms with Gasteiger partial charge in [0.15, 0.2) is 9.84 Å². The number of rotatable bonds is 3. The predicted molar refractivity (Wildman–Crippen MR) is 68.5 cm³/mol. The van der Waals surface area contributed by atoms with E-state index in [2.05, 4.69) is 0 Å². The van der Waals surface area contributed by atoms with Crippen molar-refractivity contribution in [3.8, 4) is 0 Å². The number of sulfone groups is 1. The lowest BCUT2D eigenvalue weighted by Gasteiger charge is -2.22. The van der Waals surface area contributed by atoms with Crippen molar-refractivity contribution in [3.63, 3.8) is 0 Å². The zero-order valence-electron chi connectivity index (χ0n) is 9.90. The Morgan fingerprint density at radius 3 is 2.63 bits per heavy atom. The minimum absolute atomic E-state index is 0.0182. The lowest BCUT2D eigenvalue weighted by molar-refractivity contribution is -0.147. The minimum Gasteiger partial charge on any atom is -0.481 e. The van der Waals surface area contributed by atoms with Gasteiger partial charge in [-0.25, -0.2) is 12.8 Å². The molecule has 1 heterocycles. The summed E-state index contributed by atoms with van der Waals surface area (Å²) in [5.74, 6) is -2.35. The van der Waals surface area contributed by atoms with Gasteiger partial charge < -0.3 is 5.11 Å². The quantitative estimate of drug-likeness (QED) is 0.926. The SMILES string of the molecule is O=C(O)C1(Cc2ccc(Cl)c(F)c2)CCS(=O)(=O)C1. The maximum atomic E-state index is 13.3. The Kier molecular flexibility index (Phi) is 3.57. The Bertz CT molecular complexity index is 629. The highest BCUT2D eigenvalue weighted by atomic mass is 35.5. The molecule has 0 aromatic heterocycles. The average Bonchev–Trinajstić information content (AvgIpc) is 2.61. The minimum atomic E-state index is -3.34. The Labute approximate surface area is 115 Å². The van der Waals surface area contributed by atoms with E-state index >= 15 is 0 Å². The van der Waals surface area contributed by atoms with Gasteiger partial charge in [-0.1, -0.05) is 17.7 Å². The van der Waals surface area contributed by atoms with Crippen LogP contribution in [0.5, 0.6) is 0 Å². The fourth-order valence-electron chi connectivity index (χ4n) is 2.34. The standard InChI is InChI=1S/C12H12ClFO4S/c13-9-2-1-8(5-10(9)14)6-12(11(15)16)3-4-19(17,18)7-12/h1-2,5H,3-4,6-7H2,(H,15,16). The van der Waals surface area contributed by atoms with Gasteiger partial charge in [-0.3, -0.25) is 4.79 Å². The van der Waals surface area contributed by atoms with Crippen LogP contribution in [0.2, 0.25) is 5.02 Å². The van der Waals surface area contributed by atoms with E-state index in [-0.39, 0.29) is 23.6 Å². The van der Waals surface area contributed by atoms with Crippen molar-refractivity contribution >= 4 is 27.4 Å². The fraction of sp³-hybridized carbons (Fsp3) is 0.417. The molecule has 2 rings (SSSR count). The highest BCUT2D eigenvalue weighted by molar-refractivity contribution is 7.91. The third-order valence-electron chi connectivity index (χ3n) is 3.37. The second kappa shape index (κ2) is 4.76. The van der Waals surface area contributed by atoms with E-state index < -0.39 is 32.8 Å². The first-order valence-electron chi connectivity index (χ1n) is 5.62. The molecule has 1 unspecified atom stereocenters. The summed E-state index contributed by atoms with van der Waals surface area (Å²) < 4.78 is 36.3. The van der Waals surface area contributed by atoms with E-state index in [1.54, 1.807) is 0 Å². The van der Waals surface area contributed by atoms with Crippen molar-refractivity contribution in [1.29, 1.82) is 0 Å². The maximum Gasteiger partial charge on any atom is 0.311 e. The Morgan fingerprint density at radius 2 is 2.16 bits per heavy atom. The molecule has 7 heteroatoms. The van der Waals surface area contributed by atoms with Gasteiger partial charge in [-0.15, -0.1) is 0 Å². The number of aliphatic carboxylic acids is 1. The first kappa shape index (κ1) is 14.3. The average molecular weight is 307 g/mol. The molecular weight excluding hydrogens is 295 g/mol. The molecule has 0 radical (unpaired) electrons. The summed E-state index contributed by atoms with van der Waals surface area (Å²) in [6, 6.07) is 4.00. The number of carboxylic acids is 1. The molecule has 1 fully saturated rings. The van der Waals surface area contributed by atoms with Crippen molar-refractivity contribution < 1.29 is 22.7 Å². The Morgan fingerprint density at radius 1 is 1.47 bits per heavy atom. The number of hydrogen-bond acceptors (Lipinski definition) is 3. The highest BCUT2D eigenvalue weighted by Gasteiger charge is 2.48. The highest BCUT2D eigenvalue weighted by Crippen LogP contribution is 2.36. The van der Waals surface area contributed by atoms with Gasteiger partial charge in [-0.2, -0.15) is 0 Å². The molecule has 1 saturated heterocycles. The van der Waals surface area contributed by atoms with Crippen LogP contribution in [0.3, 0.4) is 0 Å². The van der Waals surface area contributed by atoms with E-state index in [0.717, 1.165) is 6.07 Å². The molecule has 1 aromatic carbocycles. The van der Waals surface area contributed by atoms with Gasteiger partial charge in [0, 0.05) is 0 Å². The van der Waals surface area contributed by atoms with Gasteiger partial charge in [0.25, 0.3) is 0 Å². The molecule has 0 spiro atoms. The van der Waals surface area contributed by atoms with Crippen LogP contribution in [0.1, 0.15) is 12.0 Å². The van der Waals surface area contributed by atoms with Gasteiger partial charge >= 0.3 is 5.97 Å². The zero-order valence-corrected chi connectivity index (χ0v) is 11.5. The molecule has 0 saturated carbocycles. The Hall–Kier alpha value is -1.14. The monoisotopic (exact) mass is 306 g/mol. The van der Waals surface area contributed by atoms with E-state index in [0.29, 0.717) is 5.56 Å². The largest absolute Gasteiger partial charge is 0.481 e. The van der Waals surface area contributed by atoms with Crippen molar-refractivity contribution in [2.75, 3.05) is 11.5 Å². The summed E-state index contributed by atoms with van der Waals surface area (Å²) in [6.45, 7) is 0. The number of carboxylic acid groups (broad SMARTS) is 1. The van der Waals surface area contributed by atoms with Crippen molar-refractivity contribution in [2.24, 2.45) is 5.41 Å². The topological polar surface area (TPSA) is 71.4 Å². The third kappa shape index (κ3) is 2.90. The van der Waals surface area contributed by atoms with Gasteiger partial charge in [0.1, 0.15) is 5.82 Å². The van der Waals surface area contributed by atoms with E-state index in [4.69, 9.17) is 11.6 Å². The molecule has 4 nitrogen and oxygen atoms in total. The van der Waals surface area contributed by atoms with E-state index in [9.17, 15) is 22.7 Å². The molecule has 1 aliphatic heterocycles. The number of carbonyl (C=O) groups is 1. The second-order valence-electron chi connectivity index (χ2n) is 4.85. The van der Waals surface area contributed by atoms with Gasteiger partial charge in [0.05, 0.1) is 21.9 Å². The van der Waals surface area contributed by atoms with Crippen molar-refractivity contribution in [1.82, 2.24) is 0 Å². The second-order valence-corrected chi connectivity index (χ2v) is 7.44. The molecule has 104 valence electrons. The van der Waals surface area contributed by atoms with Crippen LogP contribution in [0, 0.1) is 11.2 Å². The number of hydrogen-bond donors (Lipinski definition) is 1. The lowest BCUT2D eigenvalue weighted by Crippen LogP contribution is -2.34. The molecule has 19 heavy (non-hydrogen) atoms. The lowest BCUT2D eigenvalue weighted by atomic mass is 9.81. The van der Waals surface area contributed by atoms with E-state index in [1.807, 2.05) is 0 Å². The fourth-order valence-corrected chi connectivity index (χ4v) is 4.52. The van der Waals surface area contributed by atoms with Crippen LogP contribution in [0.15, 0.2) is 18.2 Å². The number of halogens is 2. The summed E-state index contributed by atoms with van der Waals surface area (Å²) in [5, 5.41) is 9.25. The molecule has 0 amide bonds. The maximum absolute atomic E-state index is 13.3. The van der Waals surface area contributed by atoms with E-state index in [1.165, 1.54) is 12.1 Å². The van der Waals surface area contributed by atoms with Crippen molar-refractivity contribution in [3.05, 3.63) is 34.6 Å². The van der Waals surface area contributed by atoms with Crippen molar-refractivity contribution in [2.45, 2.75) is 12.8 Å². The smallest absolute Gasteiger partial charge is 0.311 e. The molecule has 0 bridgehead atoms. The van der Waals surface area contributed by atoms with Crippen LogP contribution in [-0.2, 0) is 21.1 Å². The van der Waals surface area contributed by atoms with Crippen LogP contribution in [-0.4, -0.2) is 31.0 Å². The Balaban J connectivity index is 2.32.